The Balaban J connectivity index is 1.79. The van der Waals surface area contributed by atoms with Gasteiger partial charge in [0.2, 0.25) is 0 Å². The van der Waals surface area contributed by atoms with E-state index >= 15 is 0 Å². The van der Waals surface area contributed by atoms with Crippen molar-refractivity contribution in [1.82, 2.24) is 14.5 Å². The van der Waals surface area contributed by atoms with E-state index in [-0.39, 0.29) is 0 Å². The predicted octanol–water partition coefficient (Wildman–Crippen LogP) is 4.66. The van der Waals surface area contributed by atoms with Crippen LogP contribution in [0.4, 0.5) is 0 Å². The average Bonchev–Trinajstić information content (AvgIpc) is 3.23. The third-order valence-electron chi connectivity index (χ3n) is 3.90. The molecule has 6 heteroatoms. The summed E-state index contributed by atoms with van der Waals surface area (Å²) in [7, 11) is 0. The molecule has 0 radical (unpaired) electrons. The quantitative estimate of drug-likeness (QED) is 0.542. The Morgan fingerprint density at radius 1 is 1.17 bits per heavy atom. The van der Waals surface area contributed by atoms with Crippen LogP contribution in [0.5, 0.6) is 0 Å². The van der Waals surface area contributed by atoms with Crippen LogP contribution in [0.15, 0.2) is 63.9 Å². The van der Waals surface area contributed by atoms with Crippen LogP contribution in [0.3, 0.4) is 0 Å². The normalized spacial score (nSPS) is 12.6. The Bertz CT molecular complexity index is 981. The fourth-order valence-corrected chi connectivity index (χ4v) is 3.72. The maximum Gasteiger partial charge on any atom is 0.160 e. The van der Waals surface area contributed by atoms with Crippen LogP contribution in [-0.2, 0) is 6.54 Å². The Hall–Kier alpha value is -2.02. The van der Waals surface area contributed by atoms with Crippen LogP contribution in [0, 0.1) is 0 Å². The van der Waals surface area contributed by atoms with Gasteiger partial charge in [0.15, 0.2) is 5.82 Å². The zero-order chi connectivity index (χ0) is 16.5. The van der Waals surface area contributed by atoms with E-state index < -0.39 is 6.10 Å². The van der Waals surface area contributed by atoms with Crippen LogP contribution in [0.25, 0.3) is 22.6 Å². The largest absolute Gasteiger partial charge is 0.387 e. The Morgan fingerprint density at radius 2 is 2.04 bits per heavy atom. The van der Waals surface area contributed by atoms with Crippen molar-refractivity contribution in [3.63, 3.8) is 0 Å². The first kappa shape index (κ1) is 15.5. The average molecular weight is 400 g/mol. The molecule has 24 heavy (non-hydrogen) atoms. The van der Waals surface area contributed by atoms with E-state index in [2.05, 4.69) is 20.9 Å². The van der Waals surface area contributed by atoms with Gasteiger partial charge in [0.25, 0.3) is 0 Å². The number of benzene rings is 2. The molecular formula is C18H14BrN3OS. The van der Waals surface area contributed by atoms with Crippen molar-refractivity contribution in [2.75, 3.05) is 0 Å². The van der Waals surface area contributed by atoms with E-state index in [4.69, 9.17) is 4.98 Å². The minimum atomic E-state index is -0.627. The lowest BCUT2D eigenvalue weighted by molar-refractivity contribution is 0.158. The second-order valence-electron chi connectivity index (χ2n) is 5.48. The molecule has 0 aliphatic heterocycles. The number of hydrogen-bond donors (Lipinski definition) is 1. The summed E-state index contributed by atoms with van der Waals surface area (Å²) in [6, 6.07) is 15.7. The van der Waals surface area contributed by atoms with Crippen molar-refractivity contribution in [1.29, 1.82) is 0 Å². The number of thiazole rings is 1. The van der Waals surface area contributed by atoms with Gasteiger partial charge in [-0.25, -0.2) is 9.97 Å². The number of imidazole rings is 1. The van der Waals surface area contributed by atoms with Gasteiger partial charge in [0.1, 0.15) is 5.69 Å². The fraction of sp³-hybridized carbons (Fsp3) is 0.111. The molecule has 0 bridgehead atoms. The van der Waals surface area contributed by atoms with Crippen molar-refractivity contribution >= 4 is 38.3 Å². The topological polar surface area (TPSA) is 50.9 Å². The molecule has 0 unspecified atom stereocenters. The lowest BCUT2D eigenvalue weighted by Gasteiger charge is -2.15. The summed E-state index contributed by atoms with van der Waals surface area (Å²) < 4.78 is 2.99. The van der Waals surface area contributed by atoms with Crippen LogP contribution in [0.1, 0.15) is 11.7 Å². The highest BCUT2D eigenvalue weighted by molar-refractivity contribution is 9.10. The fourth-order valence-electron chi connectivity index (χ4n) is 2.77. The van der Waals surface area contributed by atoms with Gasteiger partial charge in [-0.05, 0) is 29.8 Å². The third kappa shape index (κ3) is 2.88. The molecule has 1 atom stereocenters. The molecule has 0 spiro atoms. The Morgan fingerprint density at radius 3 is 2.83 bits per heavy atom. The molecule has 4 aromatic rings. The molecule has 2 heterocycles. The molecule has 2 aromatic carbocycles. The third-order valence-corrected chi connectivity index (χ3v) is 4.98. The van der Waals surface area contributed by atoms with Crippen LogP contribution in [-0.4, -0.2) is 19.6 Å². The number of halogens is 1. The van der Waals surface area contributed by atoms with E-state index in [9.17, 15) is 5.11 Å². The molecule has 0 saturated carbocycles. The first-order valence-corrected chi connectivity index (χ1v) is 9.23. The molecule has 0 saturated heterocycles. The van der Waals surface area contributed by atoms with Crippen LogP contribution in [0.2, 0.25) is 0 Å². The lowest BCUT2D eigenvalue weighted by atomic mass is 10.1. The second-order valence-corrected chi connectivity index (χ2v) is 7.11. The zero-order valence-corrected chi connectivity index (χ0v) is 15.0. The summed E-state index contributed by atoms with van der Waals surface area (Å²) in [4.78, 5) is 9.09. The first-order valence-electron chi connectivity index (χ1n) is 7.50. The van der Waals surface area contributed by atoms with Gasteiger partial charge in [-0.1, -0.05) is 40.2 Å². The van der Waals surface area contributed by atoms with Gasteiger partial charge in [-0.2, -0.15) is 0 Å². The highest BCUT2D eigenvalue weighted by Crippen LogP contribution is 2.28. The Kier molecular flexibility index (Phi) is 4.18. The molecule has 0 aliphatic carbocycles. The molecule has 4 nitrogen and oxygen atoms in total. The number of aliphatic hydroxyl groups is 1. The van der Waals surface area contributed by atoms with Crippen LogP contribution < -0.4 is 0 Å². The number of fused-ring (bicyclic) bond motifs is 1. The minimum absolute atomic E-state index is 0.420. The summed E-state index contributed by atoms with van der Waals surface area (Å²) in [6.07, 6.45) is -0.627. The number of hydrogen-bond acceptors (Lipinski definition) is 4. The molecule has 0 aliphatic rings. The van der Waals surface area contributed by atoms with Gasteiger partial charge >= 0.3 is 0 Å². The number of aliphatic hydroxyl groups excluding tert-OH is 1. The van der Waals surface area contributed by atoms with E-state index in [1.165, 1.54) is 11.3 Å². The zero-order valence-electron chi connectivity index (χ0n) is 12.6. The summed E-state index contributed by atoms with van der Waals surface area (Å²) in [5, 5.41) is 12.7. The first-order chi connectivity index (χ1) is 11.7. The van der Waals surface area contributed by atoms with Crippen LogP contribution >= 0.6 is 27.3 Å². The van der Waals surface area contributed by atoms with E-state index in [1.54, 1.807) is 5.51 Å². The molecule has 1 N–H and O–H groups in total. The van der Waals surface area contributed by atoms with Gasteiger partial charge in [0.05, 0.1) is 29.2 Å². The summed E-state index contributed by atoms with van der Waals surface area (Å²) >= 11 is 4.99. The Labute approximate surface area is 151 Å². The van der Waals surface area contributed by atoms with Crippen molar-refractivity contribution in [3.05, 3.63) is 69.5 Å². The molecule has 120 valence electrons. The lowest BCUT2D eigenvalue weighted by Crippen LogP contribution is -2.10. The summed E-state index contributed by atoms with van der Waals surface area (Å²) in [5.74, 6) is 0.784. The van der Waals surface area contributed by atoms with E-state index in [0.717, 1.165) is 32.6 Å². The molecule has 2 aromatic heterocycles. The predicted molar refractivity (Wildman–Crippen MR) is 99.9 cm³/mol. The van der Waals surface area contributed by atoms with Gasteiger partial charge in [-0.3, -0.25) is 0 Å². The smallest absolute Gasteiger partial charge is 0.160 e. The molecule has 0 amide bonds. The maximum absolute atomic E-state index is 10.7. The van der Waals surface area contributed by atoms with Crippen molar-refractivity contribution in [2.45, 2.75) is 12.6 Å². The SMILES string of the molecule is O[C@@H](Cn1c(-c2cscn2)nc2ccccc21)c1cccc(Br)c1. The number of rotatable bonds is 4. The summed E-state index contributed by atoms with van der Waals surface area (Å²) in [6.45, 7) is 0.420. The minimum Gasteiger partial charge on any atom is -0.387 e. The van der Waals surface area contributed by atoms with Gasteiger partial charge in [0, 0.05) is 9.85 Å². The number of para-hydroxylation sites is 2. The van der Waals surface area contributed by atoms with Crippen molar-refractivity contribution < 1.29 is 5.11 Å². The van der Waals surface area contributed by atoms with Crippen molar-refractivity contribution in [2.24, 2.45) is 0 Å². The van der Waals surface area contributed by atoms with E-state index in [1.807, 2.05) is 58.5 Å². The second kappa shape index (κ2) is 6.47. The number of nitrogens with zero attached hydrogens (tertiary/aromatic N) is 3. The van der Waals surface area contributed by atoms with Crippen molar-refractivity contribution in [3.8, 4) is 11.5 Å². The maximum atomic E-state index is 10.7. The van der Waals surface area contributed by atoms with E-state index in [0.29, 0.717) is 6.54 Å². The van der Waals surface area contributed by atoms with Gasteiger partial charge < -0.3 is 9.67 Å². The number of aromatic nitrogens is 3. The standard InChI is InChI=1S/C18H14BrN3OS/c19-13-5-3-4-12(8-13)17(23)9-22-16-7-2-1-6-14(16)21-18(22)15-10-24-11-20-15/h1-8,10-11,17,23H,9H2/t17-/m0/s1. The summed E-state index contributed by atoms with van der Waals surface area (Å²) in [5.41, 5.74) is 5.39. The monoisotopic (exact) mass is 399 g/mol. The molecular weight excluding hydrogens is 386 g/mol. The highest BCUT2D eigenvalue weighted by Gasteiger charge is 2.17. The highest BCUT2D eigenvalue weighted by atomic mass is 79.9. The molecule has 4 rings (SSSR count). The molecule has 0 fully saturated rings. The van der Waals surface area contributed by atoms with Gasteiger partial charge in [-0.15, -0.1) is 11.3 Å².